The van der Waals surface area contributed by atoms with Crippen LogP contribution in [0.2, 0.25) is 0 Å². The number of carbonyl (C=O) groups excluding carboxylic acids is 2. The molecule has 0 aliphatic heterocycles. The predicted octanol–water partition coefficient (Wildman–Crippen LogP) is 2.75. The fourth-order valence-electron chi connectivity index (χ4n) is 2.06. The molecule has 0 spiro atoms. The first kappa shape index (κ1) is 18.9. The van der Waals surface area contributed by atoms with Gasteiger partial charge in [-0.05, 0) is 36.8 Å². The molecule has 0 heterocycles. The van der Waals surface area contributed by atoms with Crippen LogP contribution < -0.4 is 15.4 Å². The van der Waals surface area contributed by atoms with E-state index in [9.17, 15) is 19.7 Å². The first-order valence-corrected chi connectivity index (χ1v) is 8.05. The smallest absolute Gasteiger partial charge is 0.270 e. The molecule has 0 saturated heterocycles. The lowest BCUT2D eigenvalue weighted by atomic mass is 10.2. The van der Waals surface area contributed by atoms with Crippen molar-refractivity contribution in [2.75, 3.05) is 18.5 Å². The Hall–Kier alpha value is -3.42. The van der Waals surface area contributed by atoms with Gasteiger partial charge in [0.25, 0.3) is 17.5 Å². The summed E-state index contributed by atoms with van der Waals surface area (Å²) < 4.78 is 5.35. The third-order valence-corrected chi connectivity index (χ3v) is 3.37. The third kappa shape index (κ3) is 5.59. The van der Waals surface area contributed by atoms with Crippen LogP contribution in [0.5, 0.6) is 5.75 Å². The molecule has 2 N–H and O–H groups in total. The van der Waals surface area contributed by atoms with Crippen molar-refractivity contribution in [3.8, 4) is 5.75 Å². The number of non-ortho nitro benzene ring substituents is 1. The number of hydrogen-bond donors (Lipinski definition) is 2. The summed E-state index contributed by atoms with van der Waals surface area (Å²) in [5.41, 5.74) is 0.541. The second kappa shape index (κ2) is 9.16. The molecule has 0 saturated carbocycles. The van der Waals surface area contributed by atoms with E-state index in [0.717, 1.165) is 6.42 Å². The summed E-state index contributed by atoms with van der Waals surface area (Å²) in [4.78, 5) is 33.9. The van der Waals surface area contributed by atoms with Gasteiger partial charge in [0.2, 0.25) is 0 Å². The van der Waals surface area contributed by atoms with Crippen molar-refractivity contribution in [3.63, 3.8) is 0 Å². The lowest BCUT2D eigenvalue weighted by Gasteiger charge is -2.08. The van der Waals surface area contributed by atoms with Crippen molar-refractivity contribution in [3.05, 3.63) is 64.2 Å². The van der Waals surface area contributed by atoms with Crippen LogP contribution in [0.3, 0.4) is 0 Å². The standard InChI is InChI=1S/C18H19N3O5/c1-2-10-19-17(22)12-26-16-8-6-14(7-9-16)20-18(23)13-4-3-5-15(11-13)21(24)25/h3-9,11H,2,10,12H2,1H3,(H,19,22)(H,20,23). The summed E-state index contributed by atoms with van der Waals surface area (Å²) in [6.45, 7) is 2.48. The Morgan fingerprint density at radius 2 is 1.88 bits per heavy atom. The van der Waals surface area contributed by atoms with Gasteiger partial charge in [-0.15, -0.1) is 0 Å². The zero-order valence-corrected chi connectivity index (χ0v) is 14.2. The highest BCUT2D eigenvalue weighted by Gasteiger charge is 2.11. The van der Waals surface area contributed by atoms with Gasteiger partial charge in [0, 0.05) is 29.9 Å². The van der Waals surface area contributed by atoms with Crippen molar-refractivity contribution >= 4 is 23.2 Å². The molecule has 2 aromatic carbocycles. The van der Waals surface area contributed by atoms with Crippen LogP contribution in [-0.4, -0.2) is 29.9 Å². The molecule has 0 aliphatic carbocycles. The fraction of sp³-hybridized carbons (Fsp3) is 0.222. The van der Waals surface area contributed by atoms with E-state index in [1.54, 1.807) is 24.3 Å². The molecule has 0 aliphatic rings. The minimum atomic E-state index is -0.556. The highest BCUT2D eigenvalue weighted by Crippen LogP contribution is 2.18. The molecular weight excluding hydrogens is 338 g/mol. The number of nitrogens with zero attached hydrogens (tertiary/aromatic N) is 1. The number of nitrogens with one attached hydrogen (secondary N) is 2. The summed E-state index contributed by atoms with van der Waals surface area (Å²) in [6, 6.07) is 12.0. The molecule has 8 nitrogen and oxygen atoms in total. The van der Waals surface area contributed by atoms with Gasteiger partial charge >= 0.3 is 0 Å². The Balaban J connectivity index is 1.92. The lowest BCUT2D eigenvalue weighted by Crippen LogP contribution is -2.29. The average molecular weight is 357 g/mol. The van der Waals surface area contributed by atoms with Crippen LogP contribution in [-0.2, 0) is 4.79 Å². The highest BCUT2D eigenvalue weighted by molar-refractivity contribution is 6.04. The number of hydrogen-bond acceptors (Lipinski definition) is 5. The number of anilines is 1. The predicted molar refractivity (Wildman–Crippen MR) is 96.3 cm³/mol. The number of rotatable bonds is 8. The molecule has 0 unspecified atom stereocenters. The van der Waals surface area contributed by atoms with Gasteiger partial charge in [-0.2, -0.15) is 0 Å². The second-order valence-corrected chi connectivity index (χ2v) is 5.42. The van der Waals surface area contributed by atoms with E-state index < -0.39 is 10.8 Å². The summed E-state index contributed by atoms with van der Waals surface area (Å²) in [5.74, 6) is -0.166. The Labute approximate surface area is 150 Å². The zero-order valence-electron chi connectivity index (χ0n) is 14.2. The normalized spacial score (nSPS) is 10.0. The maximum atomic E-state index is 12.2. The van der Waals surface area contributed by atoms with Crippen LogP contribution >= 0.6 is 0 Å². The SMILES string of the molecule is CCCNC(=O)COc1ccc(NC(=O)c2cccc([N+](=O)[O-])c2)cc1. The van der Waals surface area contributed by atoms with E-state index in [4.69, 9.17) is 4.74 Å². The van der Waals surface area contributed by atoms with Crippen LogP contribution in [0.1, 0.15) is 23.7 Å². The number of nitro benzene ring substituents is 1. The second-order valence-electron chi connectivity index (χ2n) is 5.42. The first-order valence-electron chi connectivity index (χ1n) is 8.05. The topological polar surface area (TPSA) is 111 Å². The molecule has 0 bridgehead atoms. The van der Waals surface area contributed by atoms with E-state index >= 15 is 0 Å². The van der Waals surface area contributed by atoms with Gasteiger partial charge in [0.1, 0.15) is 5.75 Å². The molecule has 26 heavy (non-hydrogen) atoms. The molecular formula is C18H19N3O5. The zero-order chi connectivity index (χ0) is 18.9. The fourth-order valence-corrected chi connectivity index (χ4v) is 2.06. The number of carbonyl (C=O) groups is 2. The minimum Gasteiger partial charge on any atom is -0.484 e. The first-order chi connectivity index (χ1) is 12.5. The third-order valence-electron chi connectivity index (χ3n) is 3.37. The maximum Gasteiger partial charge on any atom is 0.270 e. The Morgan fingerprint density at radius 3 is 2.54 bits per heavy atom. The van der Waals surface area contributed by atoms with E-state index in [0.29, 0.717) is 18.0 Å². The van der Waals surface area contributed by atoms with Gasteiger partial charge in [-0.25, -0.2) is 0 Å². The molecule has 2 rings (SSSR count). The summed E-state index contributed by atoms with van der Waals surface area (Å²) >= 11 is 0. The lowest BCUT2D eigenvalue weighted by molar-refractivity contribution is -0.384. The van der Waals surface area contributed by atoms with Crippen molar-refractivity contribution in [1.29, 1.82) is 0 Å². The number of nitro groups is 1. The monoisotopic (exact) mass is 357 g/mol. The van der Waals surface area contributed by atoms with Gasteiger partial charge < -0.3 is 15.4 Å². The molecule has 0 fully saturated rings. The average Bonchev–Trinajstić information content (AvgIpc) is 2.65. The summed E-state index contributed by atoms with van der Waals surface area (Å²) in [7, 11) is 0. The van der Waals surface area contributed by atoms with Crippen molar-refractivity contribution in [1.82, 2.24) is 5.32 Å². The van der Waals surface area contributed by atoms with Gasteiger partial charge in [-0.1, -0.05) is 13.0 Å². The van der Waals surface area contributed by atoms with Crippen LogP contribution in [0, 0.1) is 10.1 Å². The van der Waals surface area contributed by atoms with E-state index in [1.807, 2.05) is 6.92 Å². The van der Waals surface area contributed by atoms with Crippen LogP contribution in [0.4, 0.5) is 11.4 Å². The molecule has 136 valence electrons. The van der Waals surface area contributed by atoms with E-state index in [2.05, 4.69) is 10.6 Å². The van der Waals surface area contributed by atoms with Crippen molar-refractivity contribution < 1.29 is 19.2 Å². The van der Waals surface area contributed by atoms with Crippen LogP contribution in [0.15, 0.2) is 48.5 Å². The molecule has 0 radical (unpaired) electrons. The van der Waals surface area contributed by atoms with Crippen molar-refractivity contribution in [2.45, 2.75) is 13.3 Å². The summed E-state index contributed by atoms with van der Waals surface area (Å²) in [5, 5.41) is 16.1. The summed E-state index contributed by atoms with van der Waals surface area (Å²) in [6.07, 6.45) is 0.852. The molecule has 2 amide bonds. The molecule has 0 aromatic heterocycles. The van der Waals surface area contributed by atoms with Gasteiger partial charge in [0.15, 0.2) is 6.61 Å². The van der Waals surface area contributed by atoms with E-state index in [-0.39, 0.29) is 23.8 Å². The molecule has 2 aromatic rings. The highest BCUT2D eigenvalue weighted by atomic mass is 16.6. The van der Waals surface area contributed by atoms with Crippen molar-refractivity contribution in [2.24, 2.45) is 0 Å². The maximum absolute atomic E-state index is 12.2. The quantitative estimate of drug-likeness (QED) is 0.557. The number of benzene rings is 2. The van der Waals surface area contributed by atoms with Crippen LogP contribution in [0.25, 0.3) is 0 Å². The Kier molecular flexibility index (Phi) is 6.67. The van der Waals surface area contributed by atoms with Gasteiger partial charge in [0.05, 0.1) is 4.92 Å². The largest absolute Gasteiger partial charge is 0.484 e. The van der Waals surface area contributed by atoms with Gasteiger partial charge in [-0.3, -0.25) is 19.7 Å². The van der Waals surface area contributed by atoms with E-state index in [1.165, 1.54) is 24.3 Å². The number of ether oxygens (including phenoxy) is 1. The number of amides is 2. The molecule has 0 atom stereocenters. The molecule has 8 heteroatoms. The minimum absolute atomic E-state index is 0.0839. The Morgan fingerprint density at radius 1 is 1.15 bits per heavy atom. The Bertz CT molecular complexity index is 790.